The summed E-state index contributed by atoms with van der Waals surface area (Å²) in [6.45, 7) is 0.538. The van der Waals surface area contributed by atoms with Crippen LogP contribution in [0.5, 0.6) is 0 Å². The molecule has 1 aliphatic heterocycles. The SMILES string of the molecule is O=C(CC(NC(=O)OCc1ccccc1)C(=O)NCC1CC(Br)=NO1)NCc1ccccc1. The van der Waals surface area contributed by atoms with Crippen molar-refractivity contribution in [3.8, 4) is 0 Å². The number of halogens is 1. The second-order valence-electron chi connectivity index (χ2n) is 7.37. The molecule has 3 rings (SSSR count). The van der Waals surface area contributed by atoms with Crippen LogP contribution in [0.2, 0.25) is 0 Å². The number of ether oxygens (including phenoxy) is 1. The molecular weight excluding hydrogens is 492 g/mol. The molecule has 0 spiro atoms. The van der Waals surface area contributed by atoms with Crippen LogP contribution in [0.25, 0.3) is 0 Å². The number of hydrogen-bond donors (Lipinski definition) is 3. The predicted molar refractivity (Wildman–Crippen MR) is 125 cm³/mol. The number of oxime groups is 1. The molecule has 0 bridgehead atoms. The molecule has 9 nitrogen and oxygen atoms in total. The van der Waals surface area contributed by atoms with Crippen LogP contribution in [0.4, 0.5) is 4.79 Å². The number of carbonyl (C=O) groups excluding carboxylic acids is 3. The monoisotopic (exact) mass is 516 g/mol. The van der Waals surface area contributed by atoms with Crippen molar-refractivity contribution in [1.29, 1.82) is 0 Å². The Balaban J connectivity index is 1.53. The normalized spacial score (nSPS) is 15.5. The number of benzene rings is 2. The van der Waals surface area contributed by atoms with Gasteiger partial charge in [0.25, 0.3) is 0 Å². The molecule has 2 aromatic rings. The van der Waals surface area contributed by atoms with Crippen molar-refractivity contribution in [2.45, 2.75) is 38.1 Å². The van der Waals surface area contributed by atoms with Gasteiger partial charge in [-0.25, -0.2) is 4.79 Å². The number of carbonyl (C=O) groups is 3. The number of nitrogens with zero attached hydrogens (tertiary/aromatic N) is 1. The fourth-order valence-electron chi connectivity index (χ4n) is 3.01. The largest absolute Gasteiger partial charge is 0.445 e. The highest BCUT2D eigenvalue weighted by Gasteiger charge is 2.27. The first-order chi connectivity index (χ1) is 16.0. The van der Waals surface area contributed by atoms with Gasteiger partial charge in [-0.15, -0.1) is 0 Å². The first-order valence-corrected chi connectivity index (χ1v) is 11.2. The molecule has 3 amide bonds. The van der Waals surface area contributed by atoms with E-state index in [1.54, 1.807) is 0 Å². The van der Waals surface area contributed by atoms with Gasteiger partial charge in [-0.05, 0) is 27.1 Å². The molecule has 2 unspecified atom stereocenters. The van der Waals surface area contributed by atoms with Gasteiger partial charge in [-0.3, -0.25) is 9.59 Å². The van der Waals surface area contributed by atoms with Crippen molar-refractivity contribution in [1.82, 2.24) is 16.0 Å². The van der Waals surface area contributed by atoms with E-state index in [-0.39, 0.29) is 31.6 Å². The minimum absolute atomic E-state index is 0.0441. The molecule has 2 aromatic carbocycles. The molecule has 3 N–H and O–H groups in total. The van der Waals surface area contributed by atoms with Gasteiger partial charge < -0.3 is 25.5 Å². The average molecular weight is 517 g/mol. The summed E-state index contributed by atoms with van der Waals surface area (Å²) in [4.78, 5) is 42.7. The van der Waals surface area contributed by atoms with Gasteiger partial charge in [-0.2, -0.15) is 0 Å². The summed E-state index contributed by atoms with van der Waals surface area (Å²) in [6.07, 6.45) is -0.834. The first-order valence-electron chi connectivity index (χ1n) is 10.4. The molecule has 0 saturated carbocycles. The lowest BCUT2D eigenvalue weighted by Gasteiger charge is -2.19. The van der Waals surface area contributed by atoms with Crippen molar-refractivity contribution in [3.05, 3.63) is 71.8 Å². The van der Waals surface area contributed by atoms with Gasteiger partial charge in [0.05, 0.1) is 13.0 Å². The zero-order valence-electron chi connectivity index (χ0n) is 17.8. The Bertz CT molecular complexity index is 914. The Labute approximate surface area is 200 Å². The summed E-state index contributed by atoms with van der Waals surface area (Å²) in [7, 11) is 0. The molecule has 0 aliphatic carbocycles. The van der Waals surface area contributed by atoms with Gasteiger partial charge in [0, 0.05) is 13.0 Å². The summed E-state index contributed by atoms with van der Waals surface area (Å²) >= 11 is 3.24. The van der Waals surface area contributed by atoms with E-state index in [0.717, 1.165) is 11.1 Å². The highest BCUT2D eigenvalue weighted by molar-refractivity contribution is 9.18. The van der Waals surface area contributed by atoms with Gasteiger partial charge in [0.15, 0.2) is 6.10 Å². The predicted octanol–water partition coefficient (Wildman–Crippen LogP) is 2.60. The maximum Gasteiger partial charge on any atom is 0.408 e. The lowest BCUT2D eigenvalue weighted by atomic mass is 10.1. The van der Waals surface area contributed by atoms with Crippen molar-refractivity contribution >= 4 is 38.5 Å². The Morgan fingerprint density at radius 3 is 2.33 bits per heavy atom. The lowest BCUT2D eigenvalue weighted by molar-refractivity contribution is -0.128. The maximum absolute atomic E-state index is 12.7. The fourth-order valence-corrected chi connectivity index (χ4v) is 3.46. The molecule has 0 fully saturated rings. The van der Waals surface area contributed by atoms with Crippen LogP contribution < -0.4 is 16.0 Å². The molecule has 10 heteroatoms. The first kappa shape index (κ1) is 24.2. The molecule has 33 heavy (non-hydrogen) atoms. The number of rotatable bonds is 10. The van der Waals surface area contributed by atoms with Crippen molar-refractivity contribution < 1.29 is 24.0 Å². The summed E-state index contributed by atoms with van der Waals surface area (Å²) in [5.74, 6) is -0.904. The second kappa shape index (κ2) is 12.6. The van der Waals surface area contributed by atoms with Crippen LogP contribution in [0, 0.1) is 0 Å². The molecule has 0 saturated heterocycles. The minimum Gasteiger partial charge on any atom is -0.445 e. The maximum atomic E-state index is 12.7. The van der Waals surface area contributed by atoms with Crippen LogP contribution in [0.3, 0.4) is 0 Å². The molecule has 0 aromatic heterocycles. The van der Waals surface area contributed by atoms with Crippen molar-refractivity contribution in [2.24, 2.45) is 5.16 Å². The van der Waals surface area contributed by atoms with Crippen LogP contribution in [-0.2, 0) is 32.3 Å². The number of hydrogen-bond acceptors (Lipinski definition) is 6. The van der Waals surface area contributed by atoms with Crippen molar-refractivity contribution in [3.63, 3.8) is 0 Å². The van der Waals surface area contributed by atoms with E-state index >= 15 is 0 Å². The van der Waals surface area contributed by atoms with E-state index in [9.17, 15) is 14.4 Å². The van der Waals surface area contributed by atoms with E-state index in [2.05, 4.69) is 37.0 Å². The zero-order valence-corrected chi connectivity index (χ0v) is 19.4. The molecule has 0 radical (unpaired) electrons. The van der Waals surface area contributed by atoms with Crippen LogP contribution in [0.1, 0.15) is 24.0 Å². The number of amides is 3. The molecular formula is C23H25BrN4O5. The van der Waals surface area contributed by atoms with E-state index < -0.39 is 18.0 Å². The number of nitrogens with one attached hydrogen (secondary N) is 3. The summed E-state index contributed by atoms with van der Waals surface area (Å²) in [6, 6.07) is 17.4. The van der Waals surface area contributed by atoms with Crippen LogP contribution >= 0.6 is 15.9 Å². The Kier molecular flexibility index (Phi) is 9.25. The third kappa shape index (κ3) is 8.57. The highest BCUT2D eigenvalue weighted by Crippen LogP contribution is 2.13. The molecule has 1 heterocycles. The molecule has 1 aliphatic rings. The van der Waals surface area contributed by atoms with Crippen molar-refractivity contribution in [2.75, 3.05) is 6.54 Å². The summed E-state index contributed by atoms with van der Waals surface area (Å²) < 4.78 is 5.85. The fraction of sp³-hybridized carbons (Fsp3) is 0.304. The van der Waals surface area contributed by atoms with Gasteiger partial charge in [0.2, 0.25) is 11.8 Å². The average Bonchev–Trinajstić information content (AvgIpc) is 3.26. The molecule has 2 atom stereocenters. The number of alkyl carbamates (subject to hydrolysis) is 1. The topological polar surface area (TPSA) is 118 Å². The minimum atomic E-state index is -1.12. The van der Waals surface area contributed by atoms with Gasteiger partial charge >= 0.3 is 6.09 Å². The van der Waals surface area contributed by atoms with E-state index in [1.807, 2.05) is 60.7 Å². The summed E-state index contributed by atoms with van der Waals surface area (Å²) in [5.41, 5.74) is 1.73. The smallest absolute Gasteiger partial charge is 0.408 e. The zero-order chi connectivity index (χ0) is 23.5. The molecule has 174 valence electrons. The van der Waals surface area contributed by atoms with Gasteiger partial charge in [-0.1, -0.05) is 65.8 Å². The quantitative estimate of drug-likeness (QED) is 0.448. The third-order valence-corrected chi connectivity index (χ3v) is 5.21. The Morgan fingerprint density at radius 2 is 1.70 bits per heavy atom. The second-order valence-corrected chi connectivity index (χ2v) is 8.28. The van der Waals surface area contributed by atoms with Crippen LogP contribution in [-0.4, -0.2) is 41.2 Å². The lowest BCUT2D eigenvalue weighted by Crippen LogP contribution is -2.50. The standard InChI is InChI=1S/C23H25BrN4O5/c24-20-11-18(33-28-20)14-26-22(30)19(12-21(29)25-13-16-7-3-1-4-8-16)27-23(31)32-15-17-9-5-2-6-10-17/h1-10,18-19H,11-15H2,(H,25,29)(H,26,30)(H,27,31). The Morgan fingerprint density at radius 1 is 1.03 bits per heavy atom. The van der Waals surface area contributed by atoms with E-state index in [1.165, 1.54) is 0 Å². The van der Waals surface area contributed by atoms with E-state index in [0.29, 0.717) is 17.6 Å². The highest BCUT2D eigenvalue weighted by atomic mass is 79.9. The van der Waals surface area contributed by atoms with Crippen LogP contribution in [0.15, 0.2) is 65.8 Å². The summed E-state index contributed by atoms with van der Waals surface area (Å²) in [5, 5.41) is 11.7. The van der Waals surface area contributed by atoms with Gasteiger partial charge in [0.1, 0.15) is 17.3 Å². The third-order valence-electron chi connectivity index (χ3n) is 4.74. The van der Waals surface area contributed by atoms with E-state index in [4.69, 9.17) is 9.57 Å². The Hall–Kier alpha value is -3.40.